The highest BCUT2D eigenvalue weighted by Crippen LogP contribution is 2.19. The number of amides is 1. The van der Waals surface area contributed by atoms with Gasteiger partial charge in [-0.15, -0.1) is 0 Å². The predicted molar refractivity (Wildman–Crippen MR) is 270 cm³/mol. The third-order valence-corrected chi connectivity index (χ3v) is 13.8. The molecule has 0 aliphatic heterocycles. The van der Waals surface area contributed by atoms with E-state index in [9.17, 15) is 25.2 Å². The van der Waals surface area contributed by atoms with Crippen LogP contribution in [0.5, 0.6) is 0 Å². The van der Waals surface area contributed by atoms with E-state index >= 15 is 0 Å². The first-order valence-electron chi connectivity index (χ1n) is 28.4. The topological polar surface area (TPSA) is 110 Å². The van der Waals surface area contributed by atoms with Crippen molar-refractivity contribution >= 4 is 5.91 Å². The normalized spacial score (nSPS) is 13.7. The van der Waals surface area contributed by atoms with Crippen LogP contribution in [-0.2, 0) is 4.79 Å². The molecule has 0 rings (SSSR count). The van der Waals surface area contributed by atoms with E-state index in [1.54, 1.807) is 0 Å². The monoisotopic (exact) mass is 880 g/mol. The summed E-state index contributed by atoms with van der Waals surface area (Å²) in [5, 5.41) is 44.0. The summed E-state index contributed by atoms with van der Waals surface area (Å²) in [5.74, 6) is -0.575. The van der Waals surface area contributed by atoms with Gasteiger partial charge in [0.15, 0.2) is 0 Å². The number of hydrogen-bond donors (Lipinski definition) is 5. The standard InChI is InChI=1S/C56H113NO5/c1-3-5-7-9-11-13-15-17-19-21-23-25-27-29-31-33-35-37-39-41-43-45-47-49-53(59)55(61)52(51-58)57-56(62)54(60)50-48-46-44-42-40-38-36-34-32-30-28-26-24-22-20-18-16-14-12-10-8-6-4-2/h52-55,58-61H,3-51H2,1-2H3,(H,57,62). The van der Waals surface area contributed by atoms with Crippen LogP contribution in [0, 0.1) is 0 Å². The van der Waals surface area contributed by atoms with E-state index in [1.807, 2.05) is 0 Å². The minimum absolute atomic E-state index is 0.376. The fourth-order valence-corrected chi connectivity index (χ4v) is 9.35. The molecule has 0 saturated heterocycles. The summed E-state index contributed by atoms with van der Waals surface area (Å²) in [6.45, 7) is 4.10. The molecule has 0 heterocycles. The summed E-state index contributed by atoms with van der Waals surface area (Å²) in [6.07, 6.45) is 58.8. The van der Waals surface area contributed by atoms with E-state index in [4.69, 9.17) is 0 Å². The molecular formula is C56H113NO5. The molecule has 1 amide bonds. The van der Waals surface area contributed by atoms with Gasteiger partial charge in [-0.2, -0.15) is 0 Å². The molecule has 62 heavy (non-hydrogen) atoms. The van der Waals surface area contributed by atoms with Gasteiger partial charge in [0.2, 0.25) is 5.91 Å². The molecule has 0 aliphatic rings. The van der Waals surface area contributed by atoms with Gasteiger partial charge < -0.3 is 25.7 Å². The largest absolute Gasteiger partial charge is 0.394 e. The molecule has 0 fully saturated rings. The van der Waals surface area contributed by atoms with Gasteiger partial charge in [0.1, 0.15) is 12.2 Å². The Balaban J connectivity index is 3.59. The van der Waals surface area contributed by atoms with Crippen molar-refractivity contribution in [3.8, 4) is 0 Å². The number of rotatable bonds is 53. The molecule has 0 aromatic rings. The number of aliphatic hydroxyl groups excluding tert-OH is 4. The highest BCUT2D eigenvalue weighted by Gasteiger charge is 2.28. The quantitative estimate of drug-likeness (QED) is 0.0391. The summed E-state index contributed by atoms with van der Waals surface area (Å²) < 4.78 is 0. The lowest BCUT2D eigenvalue weighted by molar-refractivity contribution is -0.132. The maximum Gasteiger partial charge on any atom is 0.249 e. The van der Waals surface area contributed by atoms with Crippen molar-refractivity contribution < 1.29 is 25.2 Å². The van der Waals surface area contributed by atoms with Crippen molar-refractivity contribution in [1.82, 2.24) is 5.32 Å². The number of carbonyl (C=O) groups is 1. The molecule has 6 nitrogen and oxygen atoms in total. The number of hydrogen-bond acceptors (Lipinski definition) is 5. The zero-order valence-electron chi connectivity index (χ0n) is 42.2. The van der Waals surface area contributed by atoms with Gasteiger partial charge in [-0.05, 0) is 12.8 Å². The van der Waals surface area contributed by atoms with Crippen molar-refractivity contribution in [3.05, 3.63) is 0 Å². The van der Waals surface area contributed by atoms with Gasteiger partial charge in [0.05, 0.1) is 18.8 Å². The van der Waals surface area contributed by atoms with Crippen LogP contribution in [-0.4, -0.2) is 57.3 Å². The number of aliphatic hydroxyl groups is 4. The van der Waals surface area contributed by atoms with Gasteiger partial charge in [-0.25, -0.2) is 0 Å². The van der Waals surface area contributed by atoms with E-state index in [-0.39, 0.29) is 0 Å². The highest BCUT2D eigenvalue weighted by molar-refractivity contribution is 5.80. The molecule has 6 heteroatoms. The molecular weight excluding hydrogens is 767 g/mol. The van der Waals surface area contributed by atoms with E-state index < -0.39 is 36.9 Å². The Bertz CT molecular complexity index is 856. The molecule has 0 radical (unpaired) electrons. The van der Waals surface area contributed by atoms with Crippen molar-refractivity contribution in [3.63, 3.8) is 0 Å². The molecule has 4 atom stereocenters. The van der Waals surface area contributed by atoms with Gasteiger partial charge in [0.25, 0.3) is 0 Å². The molecule has 0 aromatic carbocycles. The fraction of sp³-hybridized carbons (Fsp3) is 0.982. The van der Waals surface area contributed by atoms with E-state index in [1.165, 1.54) is 257 Å². The molecule has 0 spiro atoms. The van der Waals surface area contributed by atoms with Crippen LogP contribution in [0.25, 0.3) is 0 Å². The summed E-state index contributed by atoms with van der Waals surface area (Å²) in [5.41, 5.74) is 0. The molecule has 5 N–H and O–H groups in total. The third kappa shape index (κ3) is 44.5. The lowest BCUT2D eigenvalue weighted by atomic mass is 9.99. The Labute approximate surface area is 388 Å². The SMILES string of the molecule is CCCCCCCCCCCCCCCCCCCCCCCCCC(O)C(=O)NC(CO)C(O)C(O)CCCCCCCCCCCCCCCCCCCCCCCCC. The van der Waals surface area contributed by atoms with Gasteiger partial charge in [0, 0.05) is 0 Å². The summed E-state index contributed by atoms with van der Waals surface area (Å²) >= 11 is 0. The van der Waals surface area contributed by atoms with Crippen LogP contribution in [0.1, 0.15) is 322 Å². The molecule has 4 unspecified atom stereocenters. The number of unbranched alkanes of at least 4 members (excludes halogenated alkanes) is 44. The van der Waals surface area contributed by atoms with Crippen LogP contribution in [0.4, 0.5) is 0 Å². The fourth-order valence-electron chi connectivity index (χ4n) is 9.35. The molecule has 0 aromatic heterocycles. The van der Waals surface area contributed by atoms with E-state index in [0.717, 1.165) is 38.5 Å². The Morgan fingerprint density at radius 3 is 0.774 bits per heavy atom. The first kappa shape index (κ1) is 61.3. The van der Waals surface area contributed by atoms with Gasteiger partial charge in [-0.3, -0.25) is 4.79 Å². The second-order valence-electron chi connectivity index (χ2n) is 20.0. The Morgan fingerprint density at radius 2 is 0.548 bits per heavy atom. The third-order valence-electron chi connectivity index (χ3n) is 13.8. The predicted octanol–water partition coefficient (Wildman–Crippen LogP) is 16.3. The first-order chi connectivity index (χ1) is 30.5. The first-order valence-corrected chi connectivity index (χ1v) is 28.4. The Morgan fingerprint density at radius 1 is 0.339 bits per heavy atom. The van der Waals surface area contributed by atoms with Crippen molar-refractivity contribution in [2.75, 3.05) is 6.61 Å². The van der Waals surface area contributed by atoms with Gasteiger partial charge in [-0.1, -0.05) is 309 Å². The van der Waals surface area contributed by atoms with Crippen LogP contribution >= 0.6 is 0 Å². The molecule has 372 valence electrons. The summed E-state index contributed by atoms with van der Waals surface area (Å²) in [4.78, 5) is 12.6. The van der Waals surface area contributed by atoms with Gasteiger partial charge >= 0.3 is 0 Å². The number of carbonyl (C=O) groups excluding carboxylic acids is 1. The lowest BCUT2D eigenvalue weighted by Gasteiger charge is -2.27. The lowest BCUT2D eigenvalue weighted by Crippen LogP contribution is -2.53. The zero-order chi connectivity index (χ0) is 45.2. The minimum Gasteiger partial charge on any atom is -0.394 e. The van der Waals surface area contributed by atoms with E-state index in [2.05, 4.69) is 19.2 Å². The second kappa shape index (κ2) is 51.3. The Hall–Kier alpha value is -0.690. The average Bonchev–Trinajstić information content (AvgIpc) is 3.28. The van der Waals surface area contributed by atoms with Crippen LogP contribution in [0.3, 0.4) is 0 Å². The van der Waals surface area contributed by atoms with Crippen molar-refractivity contribution in [2.45, 2.75) is 346 Å². The zero-order valence-corrected chi connectivity index (χ0v) is 42.2. The summed E-state index contributed by atoms with van der Waals surface area (Å²) in [6, 6.07) is -0.981. The maximum absolute atomic E-state index is 12.6. The van der Waals surface area contributed by atoms with E-state index in [0.29, 0.717) is 12.8 Å². The maximum atomic E-state index is 12.6. The van der Waals surface area contributed by atoms with Crippen LogP contribution in [0.2, 0.25) is 0 Å². The van der Waals surface area contributed by atoms with Crippen LogP contribution in [0.15, 0.2) is 0 Å². The van der Waals surface area contributed by atoms with Crippen molar-refractivity contribution in [1.29, 1.82) is 0 Å². The highest BCUT2D eigenvalue weighted by atomic mass is 16.3. The average molecular weight is 881 g/mol. The molecule has 0 bridgehead atoms. The molecule has 0 saturated carbocycles. The smallest absolute Gasteiger partial charge is 0.249 e. The number of nitrogens with one attached hydrogen (secondary N) is 1. The molecule has 0 aliphatic carbocycles. The van der Waals surface area contributed by atoms with Crippen LogP contribution < -0.4 is 5.32 Å². The Kier molecular flexibility index (Phi) is 50.7. The minimum atomic E-state index is -1.25. The summed E-state index contributed by atoms with van der Waals surface area (Å²) in [7, 11) is 0. The second-order valence-corrected chi connectivity index (χ2v) is 20.0. The van der Waals surface area contributed by atoms with Crippen molar-refractivity contribution in [2.24, 2.45) is 0 Å².